The molecule has 0 saturated carbocycles. The Hall–Kier alpha value is -0.660. The van der Waals surface area contributed by atoms with E-state index >= 15 is 0 Å². The molecule has 1 aliphatic heterocycles. The molecule has 0 amide bonds. The zero-order chi connectivity index (χ0) is 10.1. The molecule has 0 spiro atoms. The SMILES string of the molecule is NC(CS(=O)(=O)N1CCC1)C(=O)O. The fraction of sp³-hybridized carbons (Fsp3) is 0.833. The Morgan fingerprint density at radius 2 is 2.08 bits per heavy atom. The molecule has 1 atom stereocenters. The third-order valence-electron chi connectivity index (χ3n) is 1.92. The van der Waals surface area contributed by atoms with Crippen LogP contribution < -0.4 is 5.73 Å². The van der Waals surface area contributed by atoms with Gasteiger partial charge in [-0.1, -0.05) is 0 Å². The van der Waals surface area contributed by atoms with Gasteiger partial charge in [0.05, 0.1) is 5.75 Å². The number of hydrogen-bond donors (Lipinski definition) is 2. The number of rotatable bonds is 4. The van der Waals surface area contributed by atoms with Crippen LogP contribution in [0.25, 0.3) is 0 Å². The number of carbonyl (C=O) groups is 1. The zero-order valence-corrected chi connectivity index (χ0v) is 7.83. The summed E-state index contributed by atoms with van der Waals surface area (Å²) in [6.45, 7) is 0.962. The highest BCUT2D eigenvalue weighted by atomic mass is 32.2. The lowest BCUT2D eigenvalue weighted by Crippen LogP contribution is -2.48. The van der Waals surface area contributed by atoms with Gasteiger partial charge in [0, 0.05) is 13.1 Å². The normalized spacial score (nSPS) is 20.7. The van der Waals surface area contributed by atoms with Gasteiger partial charge in [-0.2, -0.15) is 0 Å². The molecule has 7 heteroatoms. The van der Waals surface area contributed by atoms with Crippen molar-refractivity contribution >= 4 is 16.0 Å². The average Bonchev–Trinajstić information content (AvgIpc) is 1.79. The Labute approximate surface area is 76.4 Å². The minimum absolute atomic E-state index is 0.481. The van der Waals surface area contributed by atoms with Crippen LogP contribution in [-0.4, -0.2) is 48.7 Å². The molecule has 1 rings (SSSR count). The Kier molecular flexibility index (Phi) is 2.89. The van der Waals surface area contributed by atoms with Gasteiger partial charge in [-0.25, -0.2) is 12.7 Å². The van der Waals surface area contributed by atoms with Gasteiger partial charge in [0.25, 0.3) is 0 Å². The van der Waals surface area contributed by atoms with Crippen LogP contribution in [0, 0.1) is 0 Å². The summed E-state index contributed by atoms with van der Waals surface area (Å²) >= 11 is 0. The van der Waals surface area contributed by atoms with E-state index in [1.165, 1.54) is 4.31 Å². The van der Waals surface area contributed by atoms with Crippen molar-refractivity contribution in [2.24, 2.45) is 5.73 Å². The zero-order valence-electron chi connectivity index (χ0n) is 7.01. The molecule has 1 aliphatic rings. The van der Waals surface area contributed by atoms with Crippen molar-refractivity contribution in [2.75, 3.05) is 18.8 Å². The fourth-order valence-electron chi connectivity index (χ4n) is 0.969. The van der Waals surface area contributed by atoms with E-state index in [-0.39, 0.29) is 0 Å². The number of sulfonamides is 1. The first kappa shape index (κ1) is 10.4. The molecule has 0 aliphatic carbocycles. The largest absolute Gasteiger partial charge is 0.480 e. The number of hydrogen-bond acceptors (Lipinski definition) is 4. The third-order valence-corrected chi connectivity index (χ3v) is 3.85. The predicted molar refractivity (Wildman–Crippen MR) is 45.6 cm³/mol. The number of nitrogens with zero attached hydrogens (tertiary/aromatic N) is 1. The summed E-state index contributed by atoms with van der Waals surface area (Å²) in [5.41, 5.74) is 5.11. The molecular formula is C6H12N2O4S. The number of aliphatic carboxylic acids is 1. The topological polar surface area (TPSA) is 101 Å². The second-order valence-electron chi connectivity index (χ2n) is 2.98. The molecule has 0 aromatic heterocycles. The van der Waals surface area contributed by atoms with Crippen LogP contribution in [-0.2, 0) is 14.8 Å². The van der Waals surface area contributed by atoms with E-state index in [1.54, 1.807) is 0 Å². The summed E-state index contributed by atoms with van der Waals surface area (Å²) in [5, 5.41) is 8.41. The highest BCUT2D eigenvalue weighted by Gasteiger charge is 2.31. The molecule has 13 heavy (non-hydrogen) atoms. The Bertz CT molecular complexity index is 296. The summed E-state index contributed by atoms with van der Waals surface area (Å²) in [6.07, 6.45) is 0.835. The molecule has 3 N–H and O–H groups in total. The lowest BCUT2D eigenvalue weighted by atomic mass is 10.3. The molecule has 0 aromatic carbocycles. The van der Waals surface area contributed by atoms with E-state index in [0.717, 1.165) is 6.42 Å². The first-order valence-electron chi connectivity index (χ1n) is 3.90. The van der Waals surface area contributed by atoms with Gasteiger partial charge in [-0.05, 0) is 6.42 Å². The van der Waals surface area contributed by atoms with Crippen molar-refractivity contribution in [1.29, 1.82) is 0 Å². The van der Waals surface area contributed by atoms with Crippen molar-refractivity contribution in [1.82, 2.24) is 4.31 Å². The van der Waals surface area contributed by atoms with Gasteiger partial charge in [-0.3, -0.25) is 4.79 Å². The summed E-state index contributed by atoms with van der Waals surface area (Å²) in [6, 6.07) is -1.33. The van der Waals surface area contributed by atoms with Crippen LogP contribution >= 0.6 is 0 Å². The van der Waals surface area contributed by atoms with Crippen LogP contribution in [0.1, 0.15) is 6.42 Å². The second kappa shape index (κ2) is 3.60. The Balaban J connectivity index is 2.56. The fourth-order valence-corrected chi connectivity index (χ4v) is 2.59. The van der Waals surface area contributed by atoms with E-state index in [9.17, 15) is 13.2 Å². The lowest BCUT2D eigenvalue weighted by Gasteiger charge is -2.30. The van der Waals surface area contributed by atoms with E-state index in [0.29, 0.717) is 13.1 Å². The van der Waals surface area contributed by atoms with E-state index in [4.69, 9.17) is 10.8 Å². The smallest absolute Gasteiger partial charge is 0.321 e. The lowest BCUT2D eigenvalue weighted by molar-refractivity contribution is -0.138. The van der Waals surface area contributed by atoms with Gasteiger partial charge in [0.2, 0.25) is 10.0 Å². The minimum Gasteiger partial charge on any atom is -0.480 e. The maximum Gasteiger partial charge on any atom is 0.321 e. The van der Waals surface area contributed by atoms with E-state index in [1.807, 2.05) is 0 Å². The molecule has 0 radical (unpaired) electrons. The molecule has 76 valence electrons. The van der Waals surface area contributed by atoms with E-state index in [2.05, 4.69) is 0 Å². The number of carboxylic acid groups (broad SMARTS) is 1. The first-order chi connectivity index (χ1) is 5.93. The van der Waals surface area contributed by atoms with Crippen LogP contribution in [0.4, 0.5) is 0 Å². The molecule has 6 nitrogen and oxygen atoms in total. The quantitative estimate of drug-likeness (QED) is 0.581. The van der Waals surface area contributed by atoms with Crippen molar-refractivity contribution in [3.63, 3.8) is 0 Å². The van der Waals surface area contributed by atoms with Gasteiger partial charge in [0.1, 0.15) is 6.04 Å². The molecule has 0 bridgehead atoms. The molecule has 1 heterocycles. The maximum absolute atomic E-state index is 11.3. The van der Waals surface area contributed by atoms with Gasteiger partial charge in [0.15, 0.2) is 0 Å². The minimum atomic E-state index is -3.44. The van der Waals surface area contributed by atoms with Crippen LogP contribution in [0.15, 0.2) is 0 Å². The average molecular weight is 208 g/mol. The number of carboxylic acids is 1. The van der Waals surface area contributed by atoms with Gasteiger partial charge >= 0.3 is 5.97 Å². The molecule has 0 aromatic rings. The summed E-state index contributed by atoms with van der Waals surface area (Å²) in [7, 11) is -3.44. The van der Waals surface area contributed by atoms with Crippen molar-refractivity contribution in [3.8, 4) is 0 Å². The highest BCUT2D eigenvalue weighted by molar-refractivity contribution is 7.89. The maximum atomic E-state index is 11.3. The highest BCUT2D eigenvalue weighted by Crippen LogP contribution is 2.12. The van der Waals surface area contributed by atoms with Crippen molar-refractivity contribution in [3.05, 3.63) is 0 Å². The van der Waals surface area contributed by atoms with Crippen molar-refractivity contribution in [2.45, 2.75) is 12.5 Å². The Morgan fingerprint density at radius 1 is 1.54 bits per heavy atom. The van der Waals surface area contributed by atoms with Crippen molar-refractivity contribution < 1.29 is 18.3 Å². The van der Waals surface area contributed by atoms with Crippen LogP contribution in [0.2, 0.25) is 0 Å². The summed E-state index contributed by atoms with van der Waals surface area (Å²) in [5.74, 6) is -1.80. The molecular weight excluding hydrogens is 196 g/mol. The van der Waals surface area contributed by atoms with Gasteiger partial charge < -0.3 is 10.8 Å². The van der Waals surface area contributed by atoms with Gasteiger partial charge in [-0.15, -0.1) is 0 Å². The molecule has 1 fully saturated rings. The third kappa shape index (κ3) is 2.39. The van der Waals surface area contributed by atoms with E-state index < -0.39 is 27.8 Å². The first-order valence-corrected chi connectivity index (χ1v) is 5.50. The van der Waals surface area contributed by atoms with Crippen LogP contribution in [0.3, 0.4) is 0 Å². The summed E-state index contributed by atoms with van der Waals surface area (Å²) < 4.78 is 23.9. The molecule has 1 saturated heterocycles. The standard InChI is InChI=1S/C6H12N2O4S/c7-5(6(9)10)4-13(11,12)8-2-1-3-8/h5H,1-4,7H2,(H,9,10). The Morgan fingerprint density at radius 3 is 2.38 bits per heavy atom. The predicted octanol–water partition coefficient (Wildman–Crippen LogP) is -1.57. The monoisotopic (exact) mass is 208 g/mol. The number of nitrogens with two attached hydrogens (primary N) is 1. The van der Waals surface area contributed by atoms with Crippen LogP contribution in [0.5, 0.6) is 0 Å². The second-order valence-corrected chi connectivity index (χ2v) is 4.99. The molecule has 1 unspecified atom stereocenters. The summed E-state index contributed by atoms with van der Waals surface area (Å²) in [4.78, 5) is 10.3.